The van der Waals surface area contributed by atoms with E-state index >= 15 is 0 Å². The van der Waals surface area contributed by atoms with Gasteiger partial charge in [0.25, 0.3) is 0 Å². The molecule has 94 valence electrons. The van der Waals surface area contributed by atoms with E-state index in [1.165, 1.54) is 12.1 Å². The van der Waals surface area contributed by atoms with Crippen molar-refractivity contribution in [2.45, 2.75) is 0 Å². The number of nitrogens with zero attached hydrogens (tertiary/aromatic N) is 3. The van der Waals surface area contributed by atoms with E-state index < -0.39 is 5.97 Å². The summed E-state index contributed by atoms with van der Waals surface area (Å²) < 4.78 is 5.50. The van der Waals surface area contributed by atoms with Crippen molar-refractivity contribution >= 4 is 11.7 Å². The van der Waals surface area contributed by atoms with Crippen molar-refractivity contribution in [3.8, 4) is 11.5 Å². The maximum absolute atomic E-state index is 10.8. The van der Waals surface area contributed by atoms with Crippen LogP contribution < -0.4 is 4.74 Å². The molecule has 0 bridgehead atoms. The zero-order valence-corrected chi connectivity index (χ0v) is 9.72. The second-order valence-electron chi connectivity index (χ2n) is 3.62. The van der Waals surface area contributed by atoms with Crippen LogP contribution in [0.2, 0.25) is 0 Å². The second-order valence-corrected chi connectivity index (χ2v) is 3.62. The van der Waals surface area contributed by atoms with Crippen LogP contribution in [0.3, 0.4) is 0 Å². The predicted octanol–water partition coefficient (Wildman–Crippen LogP) is 4.12. The first-order chi connectivity index (χ1) is 9.19. The second kappa shape index (κ2) is 5.57. The van der Waals surface area contributed by atoms with Gasteiger partial charge < -0.3 is 9.84 Å². The summed E-state index contributed by atoms with van der Waals surface area (Å²) in [4.78, 5) is 13.5. The highest BCUT2D eigenvalue weighted by Gasteiger charge is 2.04. The molecule has 2 aromatic carbocycles. The van der Waals surface area contributed by atoms with Gasteiger partial charge in [0.15, 0.2) is 0 Å². The lowest BCUT2D eigenvalue weighted by molar-refractivity contribution is 0.0696. The maximum Gasteiger partial charge on any atom is 0.335 e. The van der Waals surface area contributed by atoms with Crippen LogP contribution in [0.1, 0.15) is 10.4 Å². The average molecular weight is 255 g/mol. The van der Waals surface area contributed by atoms with Crippen LogP contribution >= 0.6 is 0 Å². The highest BCUT2D eigenvalue weighted by molar-refractivity contribution is 5.88. The molecule has 0 aliphatic heterocycles. The quantitative estimate of drug-likeness (QED) is 0.505. The van der Waals surface area contributed by atoms with Crippen molar-refractivity contribution in [2.24, 2.45) is 5.11 Å². The van der Waals surface area contributed by atoms with E-state index in [1.54, 1.807) is 36.4 Å². The molecule has 0 saturated heterocycles. The number of carboxylic acid groups (broad SMARTS) is 1. The molecule has 2 aromatic rings. The number of ether oxygens (including phenoxy) is 1. The maximum atomic E-state index is 10.8. The molecule has 0 radical (unpaired) electrons. The third-order valence-electron chi connectivity index (χ3n) is 2.31. The lowest BCUT2D eigenvalue weighted by Crippen LogP contribution is -1.95. The minimum atomic E-state index is -1.01. The van der Waals surface area contributed by atoms with Crippen LogP contribution in [0.15, 0.2) is 53.6 Å². The van der Waals surface area contributed by atoms with Gasteiger partial charge in [0, 0.05) is 10.6 Å². The van der Waals surface area contributed by atoms with Gasteiger partial charge in [-0.3, -0.25) is 0 Å². The molecule has 0 heterocycles. The summed E-state index contributed by atoms with van der Waals surface area (Å²) in [5.41, 5.74) is 8.91. The smallest absolute Gasteiger partial charge is 0.335 e. The molecular weight excluding hydrogens is 246 g/mol. The molecule has 19 heavy (non-hydrogen) atoms. The van der Waals surface area contributed by atoms with Crippen molar-refractivity contribution in [2.75, 3.05) is 0 Å². The summed E-state index contributed by atoms with van der Waals surface area (Å²) in [7, 11) is 0. The number of hydrogen-bond donors (Lipinski definition) is 1. The van der Waals surface area contributed by atoms with Crippen molar-refractivity contribution in [3.63, 3.8) is 0 Å². The average Bonchev–Trinajstić information content (AvgIpc) is 2.42. The Morgan fingerprint density at radius 2 is 1.89 bits per heavy atom. The fourth-order valence-corrected chi connectivity index (χ4v) is 1.46. The number of carbonyl (C=O) groups is 1. The summed E-state index contributed by atoms with van der Waals surface area (Å²) in [5, 5.41) is 12.3. The molecule has 6 heteroatoms. The van der Waals surface area contributed by atoms with E-state index in [9.17, 15) is 4.79 Å². The number of aromatic carboxylic acids is 1. The third kappa shape index (κ3) is 3.24. The van der Waals surface area contributed by atoms with Crippen LogP contribution in [0.25, 0.3) is 10.4 Å². The molecule has 0 unspecified atom stereocenters. The largest absolute Gasteiger partial charge is 0.478 e. The molecule has 6 nitrogen and oxygen atoms in total. The van der Waals surface area contributed by atoms with Crippen LogP contribution in [0, 0.1) is 0 Å². The highest BCUT2D eigenvalue weighted by atomic mass is 16.5. The molecule has 2 rings (SSSR count). The normalized spacial score (nSPS) is 9.47. The predicted molar refractivity (Wildman–Crippen MR) is 68.7 cm³/mol. The lowest BCUT2D eigenvalue weighted by Gasteiger charge is -2.06. The molecule has 1 N–H and O–H groups in total. The lowest BCUT2D eigenvalue weighted by atomic mass is 10.2. The molecule has 0 aliphatic rings. The highest BCUT2D eigenvalue weighted by Crippen LogP contribution is 2.24. The minimum Gasteiger partial charge on any atom is -0.478 e. The molecule has 0 aliphatic carbocycles. The van der Waals surface area contributed by atoms with Crippen molar-refractivity contribution in [1.29, 1.82) is 0 Å². The van der Waals surface area contributed by atoms with Gasteiger partial charge in [0.2, 0.25) is 0 Å². The van der Waals surface area contributed by atoms with E-state index in [0.717, 1.165) is 0 Å². The number of benzene rings is 2. The number of azide groups is 1. The van der Waals surface area contributed by atoms with E-state index in [4.69, 9.17) is 15.4 Å². The van der Waals surface area contributed by atoms with Gasteiger partial charge in [0.05, 0.1) is 5.56 Å². The molecule has 0 atom stereocenters. The minimum absolute atomic E-state index is 0.156. The molecular formula is C13H9N3O3. The van der Waals surface area contributed by atoms with Crippen molar-refractivity contribution in [1.82, 2.24) is 0 Å². The summed E-state index contributed by atoms with van der Waals surface area (Å²) >= 11 is 0. The Bertz CT molecular complexity index is 646. The summed E-state index contributed by atoms with van der Waals surface area (Å²) in [6, 6.07) is 12.7. The first-order valence-electron chi connectivity index (χ1n) is 5.35. The summed E-state index contributed by atoms with van der Waals surface area (Å²) in [5.74, 6) is -0.0555. The zero-order valence-electron chi connectivity index (χ0n) is 9.72. The van der Waals surface area contributed by atoms with Gasteiger partial charge in [0.1, 0.15) is 11.5 Å². The monoisotopic (exact) mass is 255 g/mol. The van der Waals surface area contributed by atoms with Crippen LogP contribution in [0.5, 0.6) is 11.5 Å². The zero-order chi connectivity index (χ0) is 13.7. The summed E-state index contributed by atoms with van der Waals surface area (Å²) in [6.45, 7) is 0. The van der Waals surface area contributed by atoms with Gasteiger partial charge in [-0.25, -0.2) is 4.79 Å². The Balaban J connectivity index is 2.18. The van der Waals surface area contributed by atoms with Crippen molar-refractivity contribution in [3.05, 3.63) is 64.5 Å². The van der Waals surface area contributed by atoms with E-state index in [1.807, 2.05) is 0 Å². The molecule has 0 spiro atoms. The first-order valence-corrected chi connectivity index (χ1v) is 5.35. The molecule has 0 aromatic heterocycles. The number of rotatable bonds is 4. The van der Waals surface area contributed by atoms with E-state index in [2.05, 4.69) is 10.0 Å². The van der Waals surface area contributed by atoms with Gasteiger partial charge in [-0.05, 0) is 48.0 Å². The van der Waals surface area contributed by atoms with E-state index in [-0.39, 0.29) is 5.56 Å². The van der Waals surface area contributed by atoms with Gasteiger partial charge >= 0.3 is 5.97 Å². The third-order valence-corrected chi connectivity index (χ3v) is 2.31. The number of carboxylic acids is 1. The SMILES string of the molecule is [N-]=[N+]=Nc1ccc(Oc2cccc(C(=O)O)c2)cc1. The Morgan fingerprint density at radius 3 is 2.53 bits per heavy atom. The first kappa shape index (κ1) is 12.5. The number of hydrogen-bond acceptors (Lipinski definition) is 3. The standard InChI is InChI=1S/C13H9N3O3/c14-16-15-10-4-6-11(7-5-10)19-12-3-1-2-9(8-12)13(17)18/h1-8H,(H,17,18). The summed E-state index contributed by atoms with van der Waals surface area (Å²) in [6.07, 6.45) is 0. The fourth-order valence-electron chi connectivity index (χ4n) is 1.46. The van der Waals surface area contributed by atoms with Crippen LogP contribution in [0.4, 0.5) is 5.69 Å². The van der Waals surface area contributed by atoms with Crippen molar-refractivity contribution < 1.29 is 14.6 Å². The van der Waals surface area contributed by atoms with Gasteiger partial charge in [-0.1, -0.05) is 11.2 Å². The topological polar surface area (TPSA) is 95.3 Å². The molecule has 0 saturated carbocycles. The van der Waals surface area contributed by atoms with Crippen LogP contribution in [-0.2, 0) is 0 Å². The molecule has 0 amide bonds. The Hall–Kier alpha value is -2.98. The Kier molecular flexibility index (Phi) is 3.66. The van der Waals surface area contributed by atoms with Gasteiger partial charge in [-0.2, -0.15) is 0 Å². The fraction of sp³-hybridized carbons (Fsp3) is 0. The van der Waals surface area contributed by atoms with E-state index in [0.29, 0.717) is 17.2 Å². The Morgan fingerprint density at radius 1 is 1.16 bits per heavy atom. The van der Waals surface area contributed by atoms with Gasteiger partial charge in [-0.15, -0.1) is 0 Å². The Labute approximate surface area is 108 Å². The molecule has 0 fully saturated rings. The van der Waals surface area contributed by atoms with Crippen LogP contribution in [-0.4, -0.2) is 11.1 Å².